The molecule has 0 aliphatic carbocycles. The van der Waals surface area contributed by atoms with Crippen LogP contribution < -0.4 is 20.4 Å². The van der Waals surface area contributed by atoms with E-state index in [-0.39, 0.29) is 12.2 Å². The second kappa shape index (κ2) is 9.29. The minimum Gasteiger partial charge on any atom is -0.404 e. The van der Waals surface area contributed by atoms with Crippen molar-refractivity contribution in [3.05, 3.63) is 94.2 Å². The normalized spacial score (nSPS) is 11.3. The first-order valence-electron chi connectivity index (χ1n) is 10.2. The third-order valence-electron chi connectivity index (χ3n) is 4.89. The fourth-order valence-corrected chi connectivity index (χ4v) is 3.93. The maximum atomic E-state index is 12.8. The van der Waals surface area contributed by atoms with Crippen molar-refractivity contribution in [1.29, 1.82) is 0 Å². The van der Waals surface area contributed by atoms with Crippen molar-refractivity contribution in [2.45, 2.75) is 20.1 Å². The van der Waals surface area contributed by atoms with Crippen LogP contribution in [0.3, 0.4) is 0 Å². The lowest BCUT2D eigenvalue weighted by atomic mass is 10.2. The summed E-state index contributed by atoms with van der Waals surface area (Å²) in [7, 11) is -3.33. The molecule has 0 radical (unpaired) electrons. The molecule has 4 rings (SSSR count). The molecule has 170 valence electrons. The highest BCUT2D eigenvalue weighted by molar-refractivity contribution is 7.92. The largest absolute Gasteiger partial charge is 0.404 e. The Morgan fingerprint density at radius 1 is 1.00 bits per heavy atom. The van der Waals surface area contributed by atoms with Crippen LogP contribution >= 0.6 is 0 Å². The predicted octanol–water partition coefficient (Wildman–Crippen LogP) is 2.71. The van der Waals surface area contributed by atoms with Crippen molar-refractivity contribution >= 4 is 32.4 Å². The van der Waals surface area contributed by atoms with Gasteiger partial charge in [-0.2, -0.15) is 0 Å². The van der Waals surface area contributed by atoms with E-state index < -0.39 is 10.0 Å². The Kier molecular flexibility index (Phi) is 6.27. The first-order chi connectivity index (χ1) is 15.8. The molecule has 2 heterocycles. The van der Waals surface area contributed by atoms with Crippen molar-refractivity contribution in [2.24, 2.45) is 0 Å². The lowest BCUT2D eigenvalue weighted by Crippen LogP contribution is -2.28. The number of benzene rings is 2. The van der Waals surface area contributed by atoms with Crippen LogP contribution in [-0.2, 0) is 23.2 Å². The van der Waals surface area contributed by atoms with Gasteiger partial charge in [0.2, 0.25) is 10.0 Å². The Hall–Kier alpha value is -3.92. The van der Waals surface area contributed by atoms with Crippen LogP contribution in [0.25, 0.3) is 11.0 Å². The molecule has 2 aromatic heterocycles. The molecule has 2 N–H and O–H groups in total. The summed E-state index contributed by atoms with van der Waals surface area (Å²) < 4.78 is 26.3. The Bertz CT molecular complexity index is 1440. The van der Waals surface area contributed by atoms with Crippen LogP contribution in [0.15, 0.2) is 71.8 Å². The standard InChI is InChI=1S/C23H23N5O4S/c1-16-22-20(24-13-17-8-10-19(11-9-17)27-33(2,30)31)12-21(29)28(23(22)26-15-25-16)32-14-18-6-4-3-5-7-18/h3-12,15,24,27H,13-14H2,1-2H3. The second-order valence-corrected chi connectivity index (χ2v) is 9.28. The predicted molar refractivity (Wildman–Crippen MR) is 127 cm³/mol. The molecule has 0 bridgehead atoms. The summed E-state index contributed by atoms with van der Waals surface area (Å²) in [6, 6.07) is 18.0. The van der Waals surface area contributed by atoms with Gasteiger partial charge in [0, 0.05) is 18.3 Å². The Labute approximate surface area is 191 Å². The van der Waals surface area contributed by atoms with E-state index in [4.69, 9.17) is 4.84 Å². The van der Waals surface area contributed by atoms with Crippen LogP contribution in [0, 0.1) is 6.92 Å². The molecular weight excluding hydrogens is 442 g/mol. The van der Waals surface area contributed by atoms with Gasteiger partial charge in [0.25, 0.3) is 5.56 Å². The van der Waals surface area contributed by atoms with Crippen LogP contribution in [0.2, 0.25) is 0 Å². The summed E-state index contributed by atoms with van der Waals surface area (Å²) in [6.07, 6.45) is 2.50. The van der Waals surface area contributed by atoms with Gasteiger partial charge in [0.1, 0.15) is 12.9 Å². The van der Waals surface area contributed by atoms with E-state index in [2.05, 4.69) is 20.0 Å². The summed E-state index contributed by atoms with van der Waals surface area (Å²) >= 11 is 0. The number of pyridine rings is 1. The molecule has 0 unspecified atom stereocenters. The monoisotopic (exact) mass is 465 g/mol. The summed E-state index contributed by atoms with van der Waals surface area (Å²) in [6.45, 7) is 2.48. The molecule has 0 aliphatic rings. The Balaban J connectivity index is 1.59. The molecule has 0 fully saturated rings. The molecule has 10 heteroatoms. The zero-order chi connectivity index (χ0) is 23.4. The van der Waals surface area contributed by atoms with Gasteiger partial charge in [-0.1, -0.05) is 42.5 Å². The lowest BCUT2D eigenvalue weighted by Gasteiger charge is -2.15. The number of fused-ring (bicyclic) bond motifs is 1. The molecule has 4 aromatic rings. The minimum absolute atomic E-state index is 0.222. The van der Waals surface area contributed by atoms with Gasteiger partial charge in [-0.3, -0.25) is 9.52 Å². The molecule has 0 aliphatic heterocycles. The topological polar surface area (TPSA) is 115 Å². The van der Waals surface area contributed by atoms with E-state index in [0.29, 0.717) is 34.6 Å². The zero-order valence-corrected chi connectivity index (χ0v) is 19.0. The number of aromatic nitrogens is 3. The fourth-order valence-electron chi connectivity index (χ4n) is 3.37. The lowest BCUT2D eigenvalue weighted by molar-refractivity contribution is 0.0979. The van der Waals surface area contributed by atoms with E-state index in [1.54, 1.807) is 24.3 Å². The number of hydrogen-bond donors (Lipinski definition) is 2. The van der Waals surface area contributed by atoms with Crippen molar-refractivity contribution in [1.82, 2.24) is 14.7 Å². The molecule has 2 aromatic carbocycles. The number of rotatable bonds is 8. The Morgan fingerprint density at radius 3 is 2.42 bits per heavy atom. The Morgan fingerprint density at radius 2 is 1.73 bits per heavy atom. The minimum atomic E-state index is -3.33. The van der Waals surface area contributed by atoms with Gasteiger partial charge >= 0.3 is 0 Å². The third kappa shape index (κ3) is 5.47. The van der Waals surface area contributed by atoms with Crippen LogP contribution in [0.1, 0.15) is 16.8 Å². The summed E-state index contributed by atoms with van der Waals surface area (Å²) in [5.41, 5.74) is 3.63. The fraction of sp³-hybridized carbons (Fsp3) is 0.174. The first-order valence-corrected chi connectivity index (χ1v) is 12.0. The highest BCUT2D eigenvalue weighted by Crippen LogP contribution is 2.23. The van der Waals surface area contributed by atoms with E-state index >= 15 is 0 Å². The van der Waals surface area contributed by atoms with Crippen molar-refractivity contribution in [2.75, 3.05) is 16.3 Å². The second-order valence-electron chi connectivity index (χ2n) is 7.53. The number of aryl methyl sites for hydroxylation is 1. The quantitative estimate of drug-likeness (QED) is 0.411. The number of nitrogens with one attached hydrogen (secondary N) is 2. The molecular formula is C23H23N5O4S. The zero-order valence-electron chi connectivity index (χ0n) is 18.1. The van der Waals surface area contributed by atoms with Gasteiger partial charge in [-0.05, 0) is 30.2 Å². The molecule has 0 amide bonds. The van der Waals surface area contributed by atoms with Gasteiger partial charge < -0.3 is 10.2 Å². The van der Waals surface area contributed by atoms with Crippen molar-refractivity contribution in [3.8, 4) is 0 Å². The highest BCUT2D eigenvalue weighted by Gasteiger charge is 2.14. The smallest absolute Gasteiger partial charge is 0.287 e. The van der Waals surface area contributed by atoms with E-state index in [1.165, 1.54) is 17.1 Å². The molecule has 0 spiro atoms. The number of sulfonamides is 1. The summed E-state index contributed by atoms with van der Waals surface area (Å²) in [5.74, 6) is 0. The van der Waals surface area contributed by atoms with E-state index in [0.717, 1.165) is 17.4 Å². The van der Waals surface area contributed by atoms with Crippen LogP contribution in [0.4, 0.5) is 11.4 Å². The molecule has 0 atom stereocenters. The number of nitrogens with zero attached hydrogens (tertiary/aromatic N) is 3. The van der Waals surface area contributed by atoms with Crippen LogP contribution in [-0.4, -0.2) is 29.4 Å². The molecule has 0 saturated heterocycles. The summed E-state index contributed by atoms with van der Waals surface area (Å²) in [5, 5.41) is 3.95. The van der Waals surface area contributed by atoms with Gasteiger partial charge in [0.05, 0.1) is 23.0 Å². The molecule has 9 nitrogen and oxygen atoms in total. The molecule has 33 heavy (non-hydrogen) atoms. The number of anilines is 2. The van der Waals surface area contributed by atoms with E-state index in [9.17, 15) is 13.2 Å². The van der Waals surface area contributed by atoms with Crippen LogP contribution in [0.5, 0.6) is 0 Å². The van der Waals surface area contributed by atoms with Gasteiger partial charge in [-0.15, -0.1) is 4.73 Å². The average molecular weight is 466 g/mol. The van der Waals surface area contributed by atoms with Crippen molar-refractivity contribution in [3.63, 3.8) is 0 Å². The van der Waals surface area contributed by atoms with Gasteiger partial charge in [-0.25, -0.2) is 18.4 Å². The number of hydrogen-bond acceptors (Lipinski definition) is 7. The third-order valence-corrected chi connectivity index (χ3v) is 5.50. The first kappa shape index (κ1) is 22.3. The SMILES string of the molecule is Cc1ncnc2c1c(NCc1ccc(NS(C)(=O)=O)cc1)cc(=O)n2OCc1ccccc1. The van der Waals surface area contributed by atoms with Gasteiger partial charge in [0.15, 0.2) is 5.65 Å². The highest BCUT2D eigenvalue weighted by atomic mass is 32.2. The summed E-state index contributed by atoms with van der Waals surface area (Å²) in [4.78, 5) is 27.2. The van der Waals surface area contributed by atoms with Crippen molar-refractivity contribution < 1.29 is 13.3 Å². The maximum absolute atomic E-state index is 12.8. The molecule has 0 saturated carbocycles. The maximum Gasteiger partial charge on any atom is 0.287 e. The van der Waals surface area contributed by atoms with E-state index in [1.807, 2.05) is 37.3 Å². The average Bonchev–Trinajstić information content (AvgIpc) is 2.77.